The van der Waals surface area contributed by atoms with Crippen LogP contribution < -0.4 is 26.4 Å². The van der Waals surface area contributed by atoms with Gasteiger partial charge in [-0.25, -0.2) is 19.3 Å². The molecule has 1 heterocycles. The summed E-state index contributed by atoms with van der Waals surface area (Å²) in [6, 6.07) is 16.6. The zero-order chi connectivity index (χ0) is 17.7. The van der Waals surface area contributed by atoms with Crippen molar-refractivity contribution in [3.63, 3.8) is 0 Å². The Balaban J connectivity index is 1.63. The minimum Gasteiger partial charge on any atom is -0.351 e. The van der Waals surface area contributed by atoms with E-state index in [0.29, 0.717) is 6.54 Å². The molecule has 8 nitrogen and oxygen atoms in total. The molecule has 2 aromatic rings. The molecule has 1 aliphatic rings. The number of benzene rings is 2. The molecular formula is C16H19N5O3S. The van der Waals surface area contributed by atoms with Crippen LogP contribution in [0.25, 0.3) is 0 Å². The summed E-state index contributed by atoms with van der Waals surface area (Å²) in [4.78, 5) is 12.5. The largest absolute Gasteiger partial charge is 0.351 e. The number of hydrogen-bond donors (Lipinski definition) is 5. The number of carbonyl (C=O) groups is 1. The summed E-state index contributed by atoms with van der Waals surface area (Å²) in [6.45, 7) is 0.357. The van der Waals surface area contributed by atoms with Crippen LogP contribution in [0.15, 0.2) is 65.6 Å². The van der Waals surface area contributed by atoms with Crippen LogP contribution in [-0.2, 0) is 21.4 Å². The first-order valence-electron chi connectivity index (χ1n) is 7.71. The van der Waals surface area contributed by atoms with Crippen molar-refractivity contribution in [3.8, 4) is 0 Å². The van der Waals surface area contributed by atoms with Gasteiger partial charge in [0.05, 0.1) is 4.90 Å². The Morgan fingerprint density at radius 1 is 0.960 bits per heavy atom. The quantitative estimate of drug-likeness (QED) is 0.478. The van der Waals surface area contributed by atoms with Crippen molar-refractivity contribution in [2.75, 3.05) is 0 Å². The van der Waals surface area contributed by atoms with E-state index in [1.807, 2.05) is 30.3 Å². The van der Waals surface area contributed by atoms with Crippen LogP contribution in [0.5, 0.6) is 0 Å². The van der Waals surface area contributed by atoms with Gasteiger partial charge in [-0.2, -0.15) is 10.3 Å². The van der Waals surface area contributed by atoms with E-state index < -0.39 is 22.2 Å². The van der Waals surface area contributed by atoms with Gasteiger partial charge in [0.2, 0.25) is 15.9 Å². The summed E-state index contributed by atoms with van der Waals surface area (Å²) in [5.74, 6) is -0.331. The number of hydrogen-bond acceptors (Lipinski definition) is 6. The second-order valence-electron chi connectivity index (χ2n) is 5.51. The fourth-order valence-electron chi connectivity index (χ4n) is 2.41. The molecule has 0 radical (unpaired) electrons. The van der Waals surface area contributed by atoms with Crippen LogP contribution in [0.2, 0.25) is 0 Å². The lowest BCUT2D eigenvalue weighted by Crippen LogP contribution is -2.54. The van der Waals surface area contributed by atoms with Gasteiger partial charge in [0.1, 0.15) is 12.2 Å². The molecule has 132 valence electrons. The third-order valence-electron chi connectivity index (χ3n) is 3.72. The Labute approximate surface area is 146 Å². The van der Waals surface area contributed by atoms with E-state index in [4.69, 9.17) is 0 Å². The van der Waals surface area contributed by atoms with Crippen molar-refractivity contribution in [3.05, 3.63) is 66.2 Å². The summed E-state index contributed by atoms with van der Waals surface area (Å²) >= 11 is 0. The van der Waals surface area contributed by atoms with Crippen molar-refractivity contribution < 1.29 is 13.2 Å². The van der Waals surface area contributed by atoms with Crippen LogP contribution in [0.3, 0.4) is 0 Å². The molecule has 0 bridgehead atoms. The summed E-state index contributed by atoms with van der Waals surface area (Å²) in [6.07, 6.45) is -0.832. The maximum atomic E-state index is 12.4. The topological polar surface area (TPSA) is 111 Å². The highest BCUT2D eigenvalue weighted by Gasteiger charge is 2.35. The van der Waals surface area contributed by atoms with Crippen LogP contribution in [-0.4, -0.2) is 26.5 Å². The van der Waals surface area contributed by atoms with Gasteiger partial charge in [0.25, 0.3) is 0 Å². The van der Waals surface area contributed by atoms with Crippen LogP contribution in [0.4, 0.5) is 0 Å². The maximum absolute atomic E-state index is 12.4. The van der Waals surface area contributed by atoms with Crippen molar-refractivity contribution in [1.29, 1.82) is 0 Å². The molecule has 3 rings (SSSR count). The van der Waals surface area contributed by atoms with Gasteiger partial charge in [0.15, 0.2) is 0 Å². The molecule has 25 heavy (non-hydrogen) atoms. The predicted octanol–water partition coefficient (Wildman–Crippen LogP) is -0.412. The molecule has 2 aromatic carbocycles. The molecule has 5 N–H and O–H groups in total. The molecule has 0 saturated carbocycles. The third-order valence-corrected chi connectivity index (χ3v) is 5.17. The number of rotatable bonds is 6. The minimum atomic E-state index is -3.75. The first-order chi connectivity index (χ1) is 12.1. The lowest BCUT2D eigenvalue weighted by Gasteiger charge is -2.19. The highest BCUT2D eigenvalue weighted by molar-refractivity contribution is 7.89. The van der Waals surface area contributed by atoms with Gasteiger partial charge < -0.3 is 5.32 Å². The predicted molar refractivity (Wildman–Crippen MR) is 92.0 cm³/mol. The summed E-state index contributed by atoms with van der Waals surface area (Å²) in [5, 5.41) is 2.78. The highest BCUT2D eigenvalue weighted by Crippen LogP contribution is 2.09. The van der Waals surface area contributed by atoms with E-state index in [-0.39, 0.29) is 10.8 Å². The van der Waals surface area contributed by atoms with Gasteiger partial charge >= 0.3 is 0 Å². The first kappa shape index (κ1) is 17.5. The van der Waals surface area contributed by atoms with Crippen molar-refractivity contribution in [2.45, 2.75) is 23.6 Å². The third kappa shape index (κ3) is 4.41. The Morgan fingerprint density at radius 2 is 1.60 bits per heavy atom. The van der Waals surface area contributed by atoms with E-state index in [1.165, 1.54) is 12.1 Å². The smallest absolute Gasteiger partial charge is 0.242 e. The Kier molecular flexibility index (Phi) is 5.41. The Bertz CT molecular complexity index is 814. The molecule has 1 fully saturated rings. The van der Waals surface area contributed by atoms with Gasteiger partial charge in [-0.15, -0.1) is 0 Å². The van der Waals surface area contributed by atoms with Crippen molar-refractivity contribution in [1.82, 2.24) is 26.4 Å². The maximum Gasteiger partial charge on any atom is 0.242 e. The minimum absolute atomic E-state index is 0.132. The molecule has 0 aromatic heterocycles. The molecule has 1 aliphatic heterocycles. The van der Waals surface area contributed by atoms with Gasteiger partial charge in [-0.1, -0.05) is 48.5 Å². The molecule has 9 heteroatoms. The normalized spacial score (nSPS) is 20.3. The fraction of sp³-hybridized carbons (Fsp3) is 0.188. The Morgan fingerprint density at radius 3 is 2.28 bits per heavy atom. The second-order valence-corrected chi connectivity index (χ2v) is 7.22. The average molecular weight is 361 g/mol. The second kappa shape index (κ2) is 7.72. The highest BCUT2D eigenvalue weighted by atomic mass is 32.2. The molecule has 2 atom stereocenters. The standard InChI is InChI=1S/C16H19N5O3S/c22-16(17-11-12-7-3-1-4-8-12)14-15(19-21-18-14)20-25(23,24)13-9-5-2-6-10-13/h1-10,14-15,18-21H,11H2,(H,17,22). The first-order valence-corrected chi connectivity index (χ1v) is 9.20. The zero-order valence-corrected chi connectivity index (χ0v) is 14.1. The van der Waals surface area contributed by atoms with E-state index in [1.54, 1.807) is 18.2 Å². The van der Waals surface area contributed by atoms with Crippen LogP contribution in [0, 0.1) is 0 Å². The van der Waals surface area contributed by atoms with E-state index in [2.05, 4.69) is 26.4 Å². The summed E-state index contributed by atoms with van der Waals surface area (Å²) in [7, 11) is -3.75. The molecule has 1 saturated heterocycles. The van der Waals surface area contributed by atoms with E-state index in [9.17, 15) is 13.2 Å². The average Bonchev–Trinajstić information content (AvgIpc) is 3.09. The van der Waals surface area contributed by atoms with Crippen LogP contribution in [0.1, 0.15) is 5.56 Å². The van der Waals surface area contributed by atoms with Crippen LogP contribution >= 0.6 is 0 Å². The van der Waals surface area contributed by atoms with Crippen molar-refractivity contribution in [2.24, 2.45) is 0 Å². The van der Waals surface area contributed by atoms with Crippen molar-refractivity contribution >= 4 is 15.9 Å². The monoisotopic (exact) mass is 361 g/mol. The zero-order valence-electron chi connectivity index (χ0n) is 13.3. The molecular weight excluding hydrogens is 342 g/mol. The number of amides is 1. The fourth-order valence-corrected chi connectivity index (χ4v) is 3.59. The number of carbonyl (C=O) groups excluding carboxylic acids is 1. The van der Waals surface area contributed by atoms with Gasteiger partial charge in [0, 0.05) is 6.54 Å². The van der Waals surface area contributed by atoms with Gasteiger partial charge in [-0.3, -0.25) is 4.79 Å². The van der Waals surface area contributed by atoms with E-state index >= 15 is 0 Å². The lowest BCUT2D eigenvalue weighted by molar-refractivity contribution is -0.123. The van der Waals surface area contributed by atoms with Gasteiger partial charge in [-0.05, 0) is 17.7 Å². The molecule has 0 spiro atoms. The summed E-state index contributed by atoms with van der Waals surface area (Å²) in [5.41, 5.74) is 8.96. The molecule has 0 aliphatic carbocycles. The number of nitrogens with one attached hydrogen (secondary N) is 5. The molecule has 2 unspecified atom stereocenters. The number of hydrazine groups is 2. The SMILES string of the molecule is O=C(NCc1ccccc1)C1NNNC1NS(=O)(=O)c1ccccc1. The summed E-state index contributed by atoms with van der Waals surface area (Å²) < 4.78 is 27.3. The Hall–Kier alpha value is -2.30. The lowest BCUT2D eigenvalue weighted by atomic mass is 10.2. The molecule has 1 amide bonds. The number of sulfonamides is 1. The van der Waals surface area contributed by atoms with E-state index in [0.717, 1.165) is 5.56 Å².